The van der Waals surface area contributed by atoms with E-state index in [-0.39, 0.29) is 24.8 Å². The molecule has 0 atom stereocenters. The zero-order valence-electron chi connectivity index (χ0n) is 15.2. The zero-order chi connectivity index (χ0) is 17.8. The van der Waals surface area contributed by atoms with Crippen molar-refractivity contribution in [3.63, 3.8) is 0 Å². The lowest BCUT2D eigenvalue weighted by Gasteiger charge is -2.40. The molecule has 4 aromatic heterocycles. The molecule has 0 bridgehead atoms. The number of hydrogen-bond acceptors (Lipinski definition) is 6. The van der Waals surface area contributed by atoms with Gasteiger partial charge in [0.05, 0.1) is 20.9 Å². The SMILES string of the molecule is Cc1nc2sc3c(N4CC(c5ccncc5)C4)ncnc3c2c(C)c1Cl.Cl.Cl. The highest BCUT2D eigenvalue weighted by Crippen LogP contribution is 2.42. The lowest BCUT2D eigenvalue weighted by molar-refractivity contribution is 0.521. The predicted octanol–water partition coefficient (Wildman–Crippen LogP) is 5.35. The third-order valence-electron chi connectivity index (χ3n) is 5.08. The van der Waals surface area contributed by atoms with Gasteiger partial charge in [0.25, 0.3) is 0 Å². The van der Waals surface area contributed by atoms with Gasteiger partial charge < -0.3 is 4.90 Å². The number of aromatic nitrogens is 4. The molecule has 4 aromatic rings. The Balaban J connectivity index is 0.00000112. The van der Waals surface area contributed by atoms with Gasteiger partial charge in [-0.15, -0.1) is 36.2 Å². The van der Waals surface area contributed by atoms with Crippen LogP contribution in [0.1, 0.15) is 22.7 Å². The largest absolute Gasteiger partial charge is 0.354 e. The van der Waals surface area contributed by atoms with E-state index < -0.39 is 0 Å². The Morgan fingerprint density at radius 2 is 1.82 bits per heavy atom. The first-order valence-electron chi connectivity index (χ1n) is 8.48. The van der Waals surface area contributed by atoms with Crippen LogP contribution >= 0.6 is 47.8 Å². The number of pyridine rings is 2. The molecule has 0 aliphatic carbocycles. The number of hydrogen-bond donors (Lipinski definition) is 0. The highest BCUT2D eigenvalue weighted by molar-refractivity contribution is 7.26. The van der Waals surface area contributed by atoms with Crippen LogP contribution in [0.4, 0.5) is 5.82 Å². The summed E-state index contributed by atoms with van der Waals surface area (Å²) < 4.78 is 1.09. The van der Waals surface area contributed by atoms with Gasteiger partial charge in [-0.05, 0) is 37.1 Å². The molecule has 1 saturated heterocycles. The minimum absolute atomic E-state index is 0. The number of nitrogens with zero attached hydrogens (tertiary/aromatic N) is 5. The van der Waals surface area contributed by atoms with Gasteiger partial charge in [-0.25, -0.2) is 15.0 Å². The van der Waals surface area contributed by atoms with Crippen LogP contribution in [0.2, 0.25) is 5.02 Å². The van der Waals surface area contributed by atoms with E-state index in [9.17, 15) is 0 Å². The Kier molecular flexibility index (Phi) is 5.96. The van der Waals surface area contributed by atoms with E-state index in [1.165, 1.54) is 5.56 Å². The number of thiophene rings is 1. The van der Waals surface area contributed by atoms with Gasteiger partial charge in [0.2, 0.25) is 0 Å². The Hall–Kier alpha value is -1.73. The molecule has 5 heterocycles. The standard InChI is InChI=1S/C19H16ClN5S.2ClH/c1-10-14-16-17(26-19(14)24-11(2)15(10)20)18(23-9-22-16)25-7-13(8-25)12-3-5-21-6-4-12;;/h3-6,9,13H,7-8H2,1-2H3;2*1H. The van der Waals surface area contributed by atoms with Gasteiger partial charge >= 0.3 is 0 Å². The highest BCUT2D eigenvalue weighted by Gasteiger charge is 2.31. The summed E-state index contributed by atoms with van der Waals surface area (Å²) in [6, 6.07) is 4.18. The van der Waals surface area contributed by atoms with E-state index in [1.807, 2.05) is 26.2 Å². The van der Waals surface area contributed by atoms with Crippen LogP contribution in [0.25, 0.3) is 20.4 Å². The van der Waals surface area contributed by atoms with Crippen LogP contribution in [0.5, 0.6) is 0 Å². The average Bonchev–Trinajstić information content (AvgIpc) is 2.98. The molecule has 1 aliphatic heterocycles. The molecule has 5 rings (SSSR count). The summed E-state index contributed by atoms with van der Waals surface area (Å²) in [4.78, 5) is 21.2. The topological polar surface area (TPSA) is 54.8 Å². The van der Waals surface area contributed by atoms with Crippen LogP contribution in [-0.2, 0) is 0 Å². The zero-order valence-corrected chi connectivity index (χ0v) is 18.4. The summed E-state index contributed by atoms with van der Waals surface area (Å²) in [7, 11) is 0. The fourth-order valence-electron chi connectivity index (χ4n) is 3.61. The average molecular weight is 455 g/mol. The molecular formula is C19H18Cl3N5S. The smallest absolute Gasteiger partial charge is 0.150 e. The van der Waals surface area contributed by atoms with E-state index in [1.54, 1.807) is 17.7 Å². The van der Waals surface area contributed by atoms with Crippen molar-refractivity contribution in [2.75, 3.05) is 18.0 Å². The molecule has 0 N–H and O–H groups in total. The predicted molar refractivity (Wildman–Crippen MR) is 121 cm³/mol. The monoisotopic (exact) mass is 453 g/mol. The Bertz CT molecular complexity index is 1140. The first kappa shape index (κ1) is 21.0. The molecule has 146 valence electrons. The minimum atomic E-state index is 0. The van der Waals surface area contributed by atoms with Crippen LogP contribution in [-0.4, -0.2) is 33.0 Å². The number of halogens is 3. The number of fused-ring (bicyclic) bond motifs is 3. The third kappa shape index (κ3) is 3.18. The van der Waals surface area contributed by atoms with Crippen molar-refractivity contribution >= 4 is 74.0 Å². The summed E-state index contributed by atoms with van der Waals surface area (Å²) in [5.41, 5.74) is 4.19. The van der Waals surface area contributed by atoms with Gasteiger partial charge in [0, 0.05) is 36.8 Å². The maximum atomic E-state index is 6.42. The van der Waals surface area contributed by atoms with Crippen molar-refractivity contribution < 1.29 is 0 Å². The van der Waals surface area contributed by atoms with Crippen molar-refractivity contribution in [1.29, 1.82) is 0 Å². The summed E-state index contributed by atoms with van der Waals surface area (Å²) in [5.74, 6) is 1.52. The molecule has 28 heavy (non-hydrogen) atoms. The van der Waals surface area contributed by atoms with E-state index >= 15 is 0 Å². The molecule has 0 amide bonds. The summed E-state index contributed by atoms with van der Waals surface area (Å²) in [6.45, 7) is 5.89. The molecule has 0 saturated carbocycles. The van der Waals surface area contributed by atoms with Crippen LogP contribution in [0, 0.1) is 13.8 Å². The first-order valence-corrected chi connectivity index (χ1v) is 9.67. The molecule has 1 aliphatic rings. The fraction of sp³-hybridized carbons (Fsp3) is 0.263. The second kappa shape index (κ2) is 7.95. The van der Waals surface area contributed by atoms with Crippen LogP contribution in [0.3, 0.4) is 0 Å². The second-order valence-corrected chi connectivity index (χ2v) is 8.05. The fourth-order valence-corrected chi connectivity index (χ4v) is 5.00. The number of aryl methyl sites for hydroxylation is 2. The molecule has 1 fully saturated rings. The Morgan fingerprint density at radius 1 is 1.11 bits per heavy atom. The summed E-state index contributed by atoms with van der Waals surface area (Å²) in [6.07, 6.45) is 5.36. The molecule has 0 radical (unpaired) electrons. The lowest BCUT2D eigenvalue weighted by atomic mass is 9.92. The third-order valence-corrected chi connectivity index (χ3v) is 6.71. The van der Waals surface area contributed by atoms with E-state index in [4.69, 9.17) is 11.6 Å². The molecular weight excluding hydrogens is 437 g/mol. The summed E-state index contributed by atoms with van der Waals surface area (Å²) >= 11 is 8.08. The van der Waals surface area contributed by atoms with Gasteiger partial charge in [-0.3, -0.25) is 4.98 Å². The van der Waals surface area contributed by atoms with Crippen molar-refractivity contribution in [1.82, 2.24) is 19.9 Å². The molecule has 9 heteroatoms. The summed E-state index contributed by atoms with van der Waals surface area (Å²) in [5, 5.41) is 1.77. The van der Waals surface area contributed by atoms with Crippen LogP contribution in [0.15, 0.2) is 30.9 Å². The van der Waals surface area contributed by atoms with Crippen molar-refractivity contribution in [3.8, 4) is 0 Å². The molecule has 0 spiro atoms. The number of anilines is 1. The first-order chi connectivity index (χ1) is 12.6. The van der Waals surface area contributed by atoms with E-state index in [0.29, 0.717) is 5.92 Å². The Morgan fingerprint density at radius 3 is 2.54 bits per heavy atom. The normalized spacial score (nSPS) is 13.9. The van der Waals surface area contributed by atoms with Gasteiger partial charge in [-0.1, -0.05) is 11.6 Å². The maximum Gasteiger partial charge on any atom is 0.150 e. The van der Waals surface area contributed by atoms with E-state index in [2.05, 4.69) is 37.0 Å². The molecule has 5 nitrogen and oxygen atoms in total. The molecule has 0 aromatic carbocycles. The quantitative estimate of drug-likeness (QED) is 0.408. The van der Waals surface area contributed by atoms with Gasteiger partial charge in [0.15, 0.2) is 0 Å². The Labute approximate surface area is 184 Å². The highest BCUT2D eigenvalue weighted by atomic mass is 35.5. The van der Waals surface area contributed by atoms with Crippen LogP contribution < -0.4 is 4.90 Å². The second-order valence-electron chi connectivity index (χ2n) is 6.68. The molecule has 0 unspecified atom stereocenters. The number of rotatable bonds is 2. The maximum absolute atomic E-state index is 6.42. The van der Waals surface area contributed by atoms with Crippen molar-refractivity contribution in [3.05, 3.63) is 52.7 Å². The minimum Gasteiger partial charge on any atom is -0.354 e. The van der Waals surface area contributed by atoms with Crippen molar-refractivity contribution in [2.24, 2.45) is 0 Å². The van der Waals surface area contributed by atoms with Crippen molar-refractivity contribution in [2.45, 2.75) is 19.8 Å². The van der Waals surface area contributed by atoms with Gasteiger partial charge in [-0.2, -0.15) is 0 Å². The van der Waals surface area contributed by atoms with E-state index in [0.717, 1.165) is 55.6 Å². The van der Waals surface area contributed by atoms with Gasteiger partial charge in [0.1, 0.15) is 17.0 Å². The lowest BCUT2D eigenvalue weighted by Crippen LogP contribution is -2.45.